The van der Waals surface area contributed by atoms with Crippen LogP contribution < -0.4 is 21.5 Å². The van der Waals surface area contributed by atoms with Crippen molar-refractivity contribution in [1.82, 2.24) is 21.5 Å². The van der Waals surface area contributed by atoms with E-state index in [0.29, 0.717) is 16.5 Å². The zero-order valence-corrected chi connectivity index (χ0v) is 16.6. The third-order valence-electron chi connectivity index (χ3n) is 3.26. The summed E-state index contributed by atoms with van der Waals surface area (Å²) in [5.74, 6) is -0.847. The molecule has 26 heavy (non-hydrogen) atoms. The summed E-state index contributed by atoms with van der Waals surface area (Å²) in [7, 11) is 1.59. The highest BCUT2D eigenvalue weighted by atomic mass is 35.5. The van der Waals surface area contributed by atoms with Crippen molar-refractivity contribution < 1.29 is 14.3 Å². The number of fused-ring (bicyclic) bond motifs is 1. The molecule has 0 fully saturated rings. The van der Waals surface area contributed by atoms with Gasteiger partial charge in [0.25, 0.3) is 11.8 Å². The second-order valence-corrected chi connectivity index (χ2v) is 7.27. The number of thiophene rings is 1. The number of hydrazine groups is 1. The Bertz CT molecular complexity index is 812. The largest absolute Gasteiger partial charge is 0.383 e. The number of benzene rings is 1. The number of methoxy groups -OCH3 is 1. The molecule has 0 saturated carbocycles. The zero-order valence-electron chi connectivity index (χ0n) is 14.2. The average molecular weight is 415 g/mol. The first-order valence-corrected chi connectivity index (χ1v) is 9.32. The Morgan fingerprint density at radius 3 is 2.73 bits per heavy atom. The molecular weight excluding hydrogens is 396 g/mol. The standard InChI is InChI=1S/C16H19ClN4O3S2/c1-9(8-24-2)19-16(25)21-20-12(22)7-18-15(23)14-13(17)10-5-3-4-6-11(10)26-14/h3-6,9H,7-8H2,1-2H3,(H,18,23)(H,20,22)(H2,19,21,25)/t9-/m0/s1. The molecule has 1 heterocycles. The molecule has 0 radical (unpaired) electrons. The molecule has 0 bridgehead atoms. The van der Waals surface area contributed by atoms with E-state index in [1.807, 2.05) is 31.2 Å². The summed E-state index contributed by atoms with van der Waals surface area (Å²) < 4.78 is 5.89. The van der Waals surface area contributed by atoms with E-state index < -0.39 is 11.8 Å². The maximum Gasteiger partial charge on any atom is 0.263 e. The summed E-state index contributed by atoms with van der Waals surface area (Å²) in [6.45, 7) is 2.14. The van der Waals surface area contributed by atoms with Crippen molar-refractivity contribution in [3.8, 4) is 0 Å². The molecule has 0 aliphatic heterocycles. The molecule has 2 aromatic rings. The quantitative estimate of drug-likeness (QED) is 0.425. The lowest BCUT2D eigenvalue weighted by Gasteiger charge is -2.16. The monoisotopic (exact) mass is 414 g/mol. The van der Waals surface area contributed by atoms with E-state index in [1.54, 1.807) is 7.11 Å². The second-order valence-electron chi connectivity index (χ2n) is 5.43. The van der Waals surface area contributed by atoms with E-state index in [-0.39, 0.29) is 17.7 Å². The third kappa shape index (κ3) is 5.53. The third-order valence-corrected chi connectivity index (χ3v) is 5.15. The van der Waals surface area contributed by atoms with Crippen LogP contribution >= 0.6 is 35.2 Å². The minimum Gasteiger partial charge on any atom is -0.383 e. The van der Waals surface area contributed by atoms with Crippen LogP contribution in [-0.2, 0) is 9.53 Å². The maximum atomic E-state index is 12.3. The topological polar surface area (TPSA) is 91.5 Å². The van der Waals surface area contributed by atoms with Crippen molar-refractivity contribution in [3.05, 3.63) is 34.2 Å². The Morgan fingerprint density at radius 2 is 2.04 bits per heavy atom. The van der Waals surface area contributed by atoms with E-state index in [1.165, 1.54) is 11.3 Å². The molecule has 0 unspecified atom stereocenters. The van der Waals surface area contributed by atoms with Crippen molar-refractivity contribution in [3.63, 3.8) is 0 Å². The summed E-state index contributed by atoms with van der Waals surface area (Å²) in [4.78, 5) is 24.5. The van der Waals surface area contributed by atoms with Crippen LogP contribution in [0.25, 0.3) is 10.1 Å². The van der Waals surface area contributed by atoms with Crippen molar-refractivity contribution in [2.75, 3.05) is 20.3 Å². The summed E-state index contributed by atoms with van der Waals surface area (Å²) in [6.07, 6.45) is 0. The van der Waals surface area contributed by atoms with Crippen molar-refractivity contribution in [2.45, 2.75) is 13.0 Å². The summed E-state index contributed by atoms with van der Waals surface area (Å²) in [6, 6.07) is 7.46. The van der Waals surface area contributed by atoms with E-state index in [9.17, 15) is 9.59 Å². The number of hydrogen-bond acceptors (Lipinski definition) is 5. The average Bonchev–Trinajstić information content (AvgIpc) is 2.95. The number of hydrogen-bond donors (Lipinski definition) is 4. The van der Waals surface area contributed by atoms with E-state index in [4.69, 9.17) is 28.6 Å². The molecule has 140 valence electrons. The molecule has 7 nitrogen and oxygen atoms in total. The Morgan fingerprint density at radius 1 is 1.31 bits per heavy atom. The van der Waals surface area contributed by atoms with E-state index in [0.717, 1.165) is 10.1 Å². The van der Waals surface area contributed by atoms with Gasteiger partial charge in [-0.05, 0) is 25.2 Å². The number of rotatable bonds is 6. The molecule has 1 aromatic heterocycles. The Balaban J connectivity index is 1.80. The van der Waals surface area contributed by atoms with Gasteiger partial charge in [-0.1, -0.05) is 29.8 Å². The van der Waals surface area contributed by atoms with Gasteiger partial charge in [-0.3, -0.25) is 20.4 Å². The van der Waals surface area contributed by atoms with Gasteiger partial charge in [-0.25, -0.2) is 0 Å². The Hall–Kier alpha value is -1.94. The highest BCUT2D eigenvalue weighted by molar-refractivity contribution is 7.80. The van der Waals surface area contributed by atoms with Crippen LogP contribution in [-0.4, -0.2) is 43.2 Å². The van der Waals surface area contributed by atoms with Crippen LogP contribution in [0, 0.1) is 0 Å². The zero-order chi connectivity index (χ0) is 19.1. The molecule has 0 spiro atoms. The number of ether oxygens (including phenoxy) is 1. The molecule has 0 aliphatic carbocycles. The molecule has 0 aliphatic rings. The van der Waals surface area contributed by atoms with Gasteiger partial charge in [-0.15, -0.1) is 11.3 Å². The van der Waals surface area contributed by atoms with Crippen LogP contribution in [0.4, 0.5) is 0 Å². The van der Waals surface area contributed by atoms with Gasteiger partial charge >= 0.3 is 0 Å². The van der Waals surface area contributed by atoms with Crippen LogP contribution in [0.5, 0.6) is 0 Å². The van der Waals surface area contributed by atoms with Crippen LogP contribution in [0.1, 0.15) is 16.6 Å². The second kappa shape index (κ2) is 9.67. The van der Waals surface area contributed by atoms with Gasteiger partial charge in [0.15, 0.2) is 5.11 Å². The number of amides is 2. The number of thiocarbonyl (C=S) groups is 1. The highest BCUT2D eigenvalue weighted by Gasteiger charge is 2.17. The lowest BCUT2D eigenvalue weighted by Crippen LogP contribution is -2.52. The number of carbonyl (C=O) groups is 2. The van der Waals surface area contributed by atoms with Gasteiger partial charge in [-0.2, -0.15) is 0 Å². The van der Waals surface area contributed by atoms with Gasteiger partial charge < -0.3 is 15.4 Å². The molecule has 1 aromatic carbocycles. The van der Waals surface area contributed by atoms with Gasteiger partial charge in [0.2, 0.25) is 0 Å². The molecular formula is C16H19ClN4O3S2. The molecule has 2 amide bonds. The number of carbonyl (C=O) groups excluding carboxylic acids is 2. The normalized spacial score (nSPS) is 11.7. The SMILES string of the molecule is COC[C@H](C)NC(=S)NNC(=O)CNC(=O)c1sc2ccccc2c1Cl. The van der Waals surface area contributed by atoms with E-state index >= 15 is 0 Å². The predicted molar refractivity (Wildman–Crippen MR) is 108 cm³/mol. The fraction of sp³-hybridized carbons (Fsp3) is 0.312. The van der Waals surface area contributed by atoms with Crippen molar-refractivity contribution in [1.29, 1.82) is 0 Å². The van der Waals surface area contributed by atoms with Crippen LogP contribution in [0.3, 0.4) is 0 Å². The number of halogens is 1. The van der Waals surface area contributed by atoms with E-state index in [2.05, 4.69) is 21.5 Å². The van der Waals surface area contributed by atoms with Crippen molar-refractivity contribution >= 4 is 62.2 Å². The number of nitrogens with one attached hydrogen (secondary N) is 4. The Labute approximate surface area is 165 Å². The predicted octanol–water partition coefficient (Wildman–Crippen LogP) is 1.81. The van der Waals surface area contributed by atoms with Crippen LogP contribution in [0.2, 0.25) is 5.02 Å². The lowest BCUT2D eigenvalue weighted by atomic mass is 10.2. The van der Waals surface area contributed by atoms with Crippen LogP contribution in [0.15, 0.2) is 24.3 Å². The lowest BCUT2D eigenvalue weighted by molar-refractivity contribution is -0.120. The first-order chi connectivity index (χ1) is 12.4. The van der Waals surface area contributed by atoms with Gasteiger partial charge in [0, 0.05) is 23.2 Å². The molecule has 4 N–H and O–H groups in total. The fourth-order valence-corrected chi connectivity index (χ4v) is 3.81. The Kier molecular flexibility index (Phi) is 7.58. The van der Waals surface area contributed by atoms with Gasteiger partial charge in [0.1, 0.15) is 4.88 Å². The minimum absolute atomic E-state index is 0.00768. The molecule has 2 rings (SSSR count). The molecule has 10 heteroatoms. The highest BCUT2D eigenvalue weighted by Crippen LogP contribution is 2.34. The summed E-state index contributed by atoms with van der Waals surface area (Å²) in [5, 5.41) is 6.92. The van der Waals surface area contributed by atoms with Gasteiger partial charge in [0.05, 0.1) is 18.2 Å². The summed E-state index contributed by atoms with van der Waals surface area (Å²) >= 11 is 12.6. The first kappa shape index (κ1) is 20.4. The minimum atomic E-state index is -0.445. The molecule has 1 atom stereocenters. The van der Waals surface area contributed by atoms with Crippen molar-refractivity contribution in [2.24, 2.45) is 0 Å². The maximum absolute atomic E-state index is 12.3. The fourth-order valence-electron chi connectivity index (χ4n) is 2.12. The summed E-state index contributed by atoms with van der Waals surface area (Å²) in [5.41, 5.74) is 4.96. The smallest absolute Gasteiger partial charge is 0.263 e. The molecule has 0 saturated heterocycles. The first-order valence-electron chi connectivity index (χ1n) is 7.72.